The van der Waals surface area contributed by atoms with Gasteiger partial charge in [0.25, 0.3) is 0 Å². The monoisotopic (exact) mass is 225 g/mol. The molecule has 1 aromatic heterocycles. The molecule has 0 bridgehead atoms. The summed E-state index contributed by atoms with van der Waals surface area (Å²) in [6.45, 7) is 0. The lowest BCUT2D eigenvalue weighted by molar-refractivity contribution is -0.0792. The summed E-state index contributed by atoms with van der Waals surface area (Å²) < 4.78 is 11.7. The fourth-order valence-electron chi connectivity index (χ4n) is 0.385. The molecular formula is C4HBrFNO2S. The van der Waals surface area contributed by atoms with E-state index >= 15 is 0 Å². The first-order valence-corrected chi connectivity index (χ1v) is 3.85. The Hall–Kier alpha value is -0.490. The van der Waals surface area contributed by atoms with Gasteiger partial charge >= 0.3 is 5.97 Å². The third kappa shape index (κ3) is 1.51. The van der Waals surface area contributed by atoms with Gasteiger partial charge in [0.2, 0.25) is 0 Å². The zero-order valence-corrected chi connectivity index (χ0v) is 6.91. The van der Waals surface area contributed by atoms with E-state index in [1.54, 1.807) is 0 Å². The summed E-state index contributed by atoms with van der Waals surface area (Å²) >= 11 is 4.19. The maximum atomic E-state index is 11.2. The van der Waals surface area contributed by atoms with Crippen molar-refractivity contribution in [3.05, 3.63) is 15.0 Å². The summed E-state index contributed by atoms with van der Waals surface area (Å²) in [6.07, 6.45) is 0. The molecule has 6 heteroatoms. The van der Waals surface area contributed by atoms with Crippen molar-refractivity contribution in [2.45, 2.75) is 0 Å². The number of aromatic nitrogens is 1. The zero-order valence-electron chi connectivity index (χ0n) is 4.51. The van der Waals surface area contributed by atoms with E-state index in [4.69, 9.17) is 0 Å². The summed E-state index contributed by atoms with van der Waals surface area (Å²) in [6, 6.07) is 0. The number of rotatable bonds is 1. The van der Waals surface area contributed by atoms with Gasteiger partial charge in [-0.25, -0.2) is 14.7 Å². The van der Waals surface area contributed by atoms with Gasteiger partial charge in [0.1, 0.15) is 0 Å². The molecular weight excluding hydrogens is 225 g/mol. The largest absolute Gasteiger partial charge is 0.398 e. The van der Waals surface area contributed by atoms with E-state index in [9.17, 15) is 9.32 Å². The summed E-state index contributed by atoms with van der Waals surface area (Å²) in [5.74, 6) is -1.07. The van der Waals surface area contributed by atoms with Gasteiger partial charge in [0.05, 0.1) is 0 Å². The van der Waals surface area contributed by atoms with E-state index in [-0.39, 0.29) is 5.69 Å². The number of nitrogens with zero attached hydrogens (tertiary/aromatic N) is 1. The molecule has 1 heterocycles. The highest BCUT2D eigenvalue weighted by Gasteiger charge is 2.10. The zero-order chi connectivity index (χ0) is 7.56. The van der Waals surface area contributed by atoms with E-state index in [1.165, 1.54) is 16.7 Å². The Kier molecular flexibility index (Phi) is 2.34. The predicted octanol–water partition coefficient (Wildman–Crippen LogP) is 1.95. The third-order valence-electron chi connectivity index (χ3n) is 0.755. The molecule has 0 aliphatic carbocycles. The standard InChI is InChI=1S/C4HBrFNO2S/c5-4-7-2(1-10-4)3(8)9-6/h1H. The first-order valence-electron chi connectivity index (χ1n) is 2.18. The lowest BCUT2D eigenvalue weighted by Gasteiger charge is -1.83. The van der Waals surface area contributed by atoms with Crippen LogP contribution < -0.4 is 0 Å². The van der Waals surface area contributed by atoms with Crippen molar-refractivity contribution in [3.8, 4) is 0 Å². The molecule has 0 N–H and O–H groups in total. The Morgan fingerprint density at radius 2 is 2.60 bits per heavy atom. The van der Waals surface area contributed by atoms with Gasteiger partial charge < -0.3 is 0 Å². The summed E-state index contributed by atoms with van der Waals surface area (Å²) in [5.41, 5.74) is -0.0284. The maximum Gasteiger partial charge on any atom is 0.398 e. The van der Waals surface area contributed by atoms with Crippen LogP contribution in [0.15, 0.2) is 9.30 Å². The second kappa shape index (κ2) is 3.07. The van der Waals surface area contributed by atoms with E-state index in [0.29, 0.717) is 3.92 Å². The molecule has 54 valence electrons. The molecule has 0 aliphatic heterocycles. The van der Waals surface area contributed by atoms with Crippen LogP contribution in [0.4, 0.5) is 4.53 Å². The number of hydrogen-bond acceptors (Lipinski definition) is 4. The van der Waals surface area contributed by atoms with Gasteiger partial charge in [0.15, 0.2) is 9.61 Å². The van der Waals surface area contributed by atoms with Crippen LogP contribution in [-0.2, 0) is 4.94 Å². The average molecular weight is 226 g/mol. The topological polar surface area (TPSA) is 39.2 Å². The van der Waals surface area contributed by atoms with Crippen LogP contribution in [0, 0.1) is 0 Å². The van der Waals surface area contributed by atoms with Crippen molar-refractivity contribution < 1.29 is 14.3 Å². The quantitative estimate of drug-likeness (QED) is 0.734. The van der Waals surface area contributed by atoms with Gasteiger partial charge in [0, 0.05) is 9.91 Å². The molecule has 0 unspecified atom stereocenters. The Morgan fingerprint density at radius 3 is 3.00 bits per heavy atom. The molecule has 0 aliphatic rings. The molecule has 1 aromatic rings. The molecule has 0 amide bonds. The molecule has 0 fully saturated rings. The predicted molar refractivity (Wildman–Crippen MR) is 36.3 cm³/mol. The second-order valence-corrected chi connectivity index (χ2v) is 3.48. The third-order valence-corrected chi connectivity index (χ3v) is 2.12. The number of carbonyl (C=O) groups excluding carboxylic acids is 1. The second-order valence-electron chi connectivity index (χ2n) is 1.35. The summed E-state index contributed by atoms with van der Waals surface area (Å²) in [4.78, 5) is 16.9. The minimum Gasteiger partial charge on any atom is -0.248 e. The highest BCUT2D eigenvalue weighted by molar-refractivity contribution is 9.11. The lowest BCUT2D eigenvalue weighted by Crippen LogP contribution is -1.97. The first-order chi connectivity index (χ1) is 4.74. The molecule has 0 aromatic carbocycles. The van der Waals surface area contributed by atoms with Crippen LogP contribution >= 0.6 is 27.3 Å². The molecule has 0 radical (unpaired) electrons. The van der Waals surface area contributed by atoms with Gasteiger partial charge in [-0.2, -0.15) is 0 Å². The van der Waals surface area contributed by atoms with Gasteiger partial charge in [-0.3, -0.25) is 0 Å². The minimum atomic E-state index is -1.07. The highest BCUT2D eigenvalue weighted by atomic mass is 79.9. The normalized spacial score (nSPS) is 9.40. The van der Waals surface area contributed by atoms with Crippen molar-refractivity contribution in [2.24, 2.45) is 0 Å². The lowest BCUT2D eigenvalue weighted by atomic mass is 10.5. The van der Waals surface area contributed by atoms with E-state index < -0.39 is 5.97 Å². The molecule has 10 heavy (non-hydrogen) atoms. The van der Waals surface area contributed by atoms with Crippen LogP contribution in [0.5, 0.6) is 0 Å². The van der Waals surface area contributed by atoms with Crippen LogP contribution in [0.1, 0.15) is 10.5 Å². The number of carbonyl (C=O) groups is 1. The molecule has 0 spiro atoms. The molecule has 1 rings (SSSR count). The molecule has 3 nitrogen and oxygen atoms in total. The Morgan fingerprint density at radius 1 is 1.90 bits per heavy atom. The van der Waals surface area contributed by atoms with Gasteiger partial charge in [-0.05, 0) is 15.9 Å². The maximum absolute atomic E-state index is 11.2. The van der Waals surface area contributed by atoms with E-state index in [1.807, 2.05) is 0 Å². The van der Waals surface area contributed by atoms with Crippen LogP contribution in [0.3, 0.4) is 0 Å². The van der Waals surface area contributed by atoms with Crippen molar-refractivity contribution in [1.29, 1.82) is 0 Å². The fraction of sp³-hybridized carbons (Fsp3) is 0. The Labute approximate surface area is 67.9 Å². The molecule has 0 saturated carbocycles. The smallest absolute Gasteiger partial charge is 0.248 e. The van der Waals surface area contributed by atoms with Crippen LogP contribution in [0.25, 0.3) is 0 Å². The van der Waals surface area contributed by atoms with Crippen molar-refractivity contribution in [2.75, 3.05) is 0 Å². The molecule has 0 atom stereocenters. The SMILES string of the molecule is O=C(OF)c1csc(Br)n1. The fourth-order valence-corrected chi connectivity index (χ4v) is 1.37. The Balaban J connectivity index is 2.85. The van der Waals surface area contributed by atoms with Gasteiger partial charge in [-0.1, -0.05) is 0 Å². The van der Waals surface area contributed by atoms with Crippen molar-refractivity contribution in [1.82, 2.24) is 4.98 Å². The average Bonchev–Trinajstić information content (AvgIpc) is 2.34. The van der Waals surface area contributed by atoms with E-state index in [0.717, 1.165) is 0 Å². The van der Waals surface area contributed by atoms with Crippen LogP contribution in [-0.4, -0.2) is 11.0 Å². The van der Waals surface area contributed by atoms with Gasteiger partial charge in [-0.15, -0.1) is 11.3 Å². The van der Waals surface area contributed by atoms with E-state index in [2.05, 4.69) is 25.9 Å². The van der Waals surface area contributed by atoms with Crippen LogP contribution in [0.2, 0.25) is 0 Å². The molecule has 0 saturated heterocycles. The first kappa shape index (κ1) is 7.62. The number of thiazole rings is 1. The van der Waals surface area contributed by atoms with Crippen molar-refractivity contribution in [3.63, 3.8) is 0 Å². The Bertz CT molecular complexity index is 251. The number of halogens is 2. The van der Waals surface area contributed by atoms with Crippen molar-refractivity contribution >= 4 is 33.2 Å². The highest BCUT2D eigenvalue weighted by Crippen LogP contribution is 2.16. The summed E-state index contributed by atoms with van der Waals surface area (Å²) in [5, 5.41) is 1.39. The number of hydrogen-bond donors (Lipinski definition) is 0. The summed E-state index contributed by atoms with van der Waals surface area (Å²) in [7, 11) is 0. The minimum absolute atomic E-state index is 0.0284.